The molecule has 0 bridgehead atoms. The van der Waals surface area contributed by atoms with Crippen LogP contribution >= 0.6 is 0 Å². The van der Waals surface area contributed by atoms with Crippen LogP contribution in [0.2, 0.25) is 0 Å². The number of nitrogens with two attached hydrogens (primary N) is 1. The second kappa shape index (κ2) is 6.44. The second-order valence-electron chi connectivity index (χ2n) is 7.14. The van der Waals surface area contributed by atoms with Crippen molar-refractivity contribution in [3.8, 4) is 0 Å². The van der Waals surface area contributed by atoms with Gasteiger partial charge < -0.3 is 15.8 Å². The molecule has 0 unspecified atom stereocenters. The number of ether oxygens (including phenoxy) is 1. The largest absolute Gasteiger partial charge is 0.381 e. The first-order chi connectivity index (χ1) is 9.52. The van der Waals surface area contributed by atoms with Gasteiger partial charge in [-0.1, -0.05) is 26.7 Å². The molecule has 0 spiro atoms. The smallest absolute Gasteiger partial charge is 0.226 e. The number of carbonyl (C=O) groups is 1. The minimum absolute atomic E-state index is 0.144. The third-order valence-electron chi connectivity index (χ3n) is 5.06. The highest BCUT2D eigenvalue weighted by atomic mass is 16.5. The first-order valence-corrected chi connectivity index (χ1v) is 8.12. The number of hydrogen-bond acceptors (Lipinski definition) is 3. The second-order valence-corrected chi connectivity index (χ2v) is 7.14. The normalized spacial score (nSPS) is 24.8. The van der Waals surface area contributed by atoms with E-state index in [0.717, 1.165) is 32.1 Å². The SMILES string of the molecule is CC(C)CC1(C(=O)NC2(CN)CCOCC2)CCCC1. The average Bonchev–Trinajstić information content (AvgIpc) is 2.89. The van der Waals surface area contributed by atoms with Crippen LogP contribution in [0.25, 0.3) is 0 Å². The van der Waals surface area contributed by atoms with Gasteiger partial charge in [0.1, 0.15) is 0 Å². The third-order valence-corrected chi connectivity index (χ3v) is 5.06. The third kappa shape index (κ3) is 3.34. The zero-order valence-corrected chi connectivity index (χ0v) is 13.0. The summed E-state index contributed by atoms with van der Waals surface area (Å²) in [7, 11) is 0. The molecular weight excluding hydrogens is 252 g/mol. The minimum atomic E-state index is -0.234. The van der Waals surface area contributed by atoms with Crippen molar-refractivity contribution in [3.63, 3.8) is 0 Å². The van der Waals surface area contributed by atoms with Gasteiger partial charge in [-0.15, -0.1) is 0 Å². The van der Waals surface area contributed by atoms with Crippen LogP contribution in [0, 0.1) is 11.3 Å². The van der Waals surface area contributed by atoms with Gasteiger partial charge in [0.05, 0.1) is 5.54 Å². The highest BCUT2D eigenvalue weighted by Gasteiger charge is 2.44. The molecule has 1 aliphatic carbocycles. The van der Waals surface area contributed by atoms with E-state index in [9.17, 15) is 4.79 Å². The first kappa shape index (κ1) is 15.8. The van der Waals surface area contributed by atoms with Gasteiger partial charge in [0, 0.05) is 25.2 Å². The molecule has 0 aromatic carbocycles. The van der Waals surface area contributed by atoms with E-state index in [1.807, 2.05) is 0 Å². The van der Waals surface area contributed by atoms with E-state index in [4.69, 9.17) is 10.5 Å². The molecule has 2 aliphatic rings. The summed E-state index contributed by atoms with van der Waals surface area (Å²) in [5.41, 5.74) is 5.58. The molecule has 0 aromatic rings. The Morgan fingerprint density at radius 1 is 1.20 bits per heavy atom. The Hall–Kier alpha value is -0.610. The molecule has 1 amide bonds. The molecule has 1 saturated carbocycles. The van der Waals surface area contributed by atoms with Crippen molar-refractivity contribution >= 4 is 5.91 Å². The van der Waals surface area contributed by atoms with Crippen LogP contribution in [0.1, 0.15) is 58.8 Å². The molecule has 1 saturated heterocycles. The van der Waals surface area contributed by atoms with Gasteiger partial charge >= 0.3 is 0 Å². The fourth-order valence-corrected chi connectivity index (χ4v) is 3.87. The van der Waals surface area contributed by atoms with Crippen molar-refractivity contribution in [2.75, 3.05) is 19.8 Å². The van der Waals surface area contributed by atoms with Crippen molar-refractivity contribution in [1.29, 1.82) is 0 Å². The summed E-state index contributed by atoms with van der Waals surface area (Å²) in [6, 6.07) is 0. The molecule has 0 atom stereocenters. The topological polar surface area (TPSA) is 64.4 Å². The lowest BCUT2D eigenvalue weighted by atomic mass is 9.76. The summed E-state index contributed by atoms with van der Waals surface area (Å²) >= 11 is 0. The predicted octanol–water partition coefficient (Wildman–Crippen LogP) is 2.22. The van der Waals surface area contributed by atoms with Crippen molar-refractivity contribution in [1.82, 2.24) is 5.32 Å². The van der Waals surface area contributed by atoms with E-state index in [1.165, 1.54) is 12.8 Å². The highest BCUT2D eigenvalue weighted by molar-refractivity contribution is 5.83. The molecular formula is C16H30N2O2. The van der Waals surface area contributed by atoms with Crippen molar-refractivity contribution < 1.29 is 9.53 Å². The molecule has 0 radical (unpaired) electrons. The number of hydrogen-bond donors (Lipinski definition) is 2. The van der Waals surface area contributed by atoms with Crippen molar-refractivity contribution in [2.45, 2.75) is 64.3 Å². The highest BCUT2D eigenvalue weighted by Crippen LogP contribution is 2.44. The number of nitrogens with one attached hydrogen (secondary N) is 1. The van der Waals surface area contributed by atoms with E-state index in [2.05, 4.69) is 19.2 Å². The number of rotatable bonds is 5. The Morgan fingerprint density at radius 2 is 1.80 bits per heavy atom. The van der Waals surface area contributed by atoms with Gasteiger partial charge in [0.25, 0.3) is 0 Å². The van der Waals surface area contributed by atoms with E-state index < -0.39 is 0 Å². The van der Waals surface area contributed by atoms with Crippen LogP contribution in [0.4, 0.5) is 0 Å². The van der Waals surface area contributed by atoms with Crippen LogP contribution in [0.5, 0.6) is 0 Å². The fourth-order valence-electron chi connectivity index (χ4n) is 3.87. The monoisotopic (exact) mass is 282 g/mol. The molecule has 4 nitrogen and oxygen atoms in total. The Morgan fingerprint density at radius 3 is 2.30 bits per heavy atom. The van der Waals surface area contributed by atoms with Gasteiger partial charge in [-0.3, -0.25) is 4.79 Å². The number of carbonyl (C=O) groups excluding carboxylic acids is 1. The molecule has 3 N–H and O–H groups in total. The van der Waals surface area contributed by atoms with Crippen LogP contribution < -0.4 is 11.1 Å². The van der Waals surface area contributed by atoms with Crippen LogP contribution in [-0.4, -0.2) is 31.2 Å². The standard InChI is InChI=1S/C16H30N2O2/c1-13(2)11-15(5-3-4-6-15)14(19)18-16(12-17)7-9-20-10-8-16/h13H,3-12,17H2,1-2H3,(H,18,19). The lowest BCUT2D eigenvalue weighted by Gasteiger charge is -2.40. The Bertz CT molecular complexity index is 329. The molecule has 116 valence electrons. The molecule has 4 heteroatoms. The first-order valence-electron chi connectivity index (χ1n) is 8.12. The van der Waals surface area contributed by atoms with E-state index in [1.54, 1.807) is 0 Å². The lowest BCUT2D eigenvalue weighted by Crippen LogP contribution is -2.59. The summed E-state index contributed by atoms with van der Waals surface area (Å²) in [6.07, 6.45) is 7.11. The molecule has 1 aliphatic heterocycles. The van der Waals surface area contributed by atoms with Crippen LogP contribution in [0.15, 0.2) is 0 Å². The fraction of sp³-hybridized carbons (Fsp3) is 0.938. The summed E-state index contributed by atoms with van der Waals surface area (Å²) in [5, 5.41) is 3.33. The van der Waals surface area contributed by atoms with E-state index >= 15 is 0 Å². The Labute approximate surface area is 122 Å². The summed E-state index contributed by atoms with van der Waals surface area (Å²) in [5.74, 6) is 0.804. The Balaban J connectivity index is 2.07. The molecule has 1 heterocycles. The summed E-state index contributed by atoms with van der Waals surface area (Å²) < 4.78 is 5.42. The van der Waals surface area contributed by atoms with Crippen molar-refractivity contribution in [2.24, 2.45) is 17.1 Å². The average molecular weight is 282 g/mol. The van der Waals surface area contributed by atoms with Crippen LogP contribution in [-0.2, 0) is 9.53 Å². The van der Waals surface area contributed by atoms with Gasteiger partial charge in [-0.05, 0) is 38.0 Å². The zero-order valence-electron chi connectivity index (χ0n) is 13.0. The van der Waals surface area contributed by atoms with Gasteiger partial charge in [0.15, 0.2) is 0 Å². The lowest BCUT2D eigenvalue weighted by molar-refractivity contribution is -0.135. The summed E-state index contributed by atoms with van der Waals surface area (Å²) in [4.78, 5) is 12.9. The number of amides is 1. The molecule has 0 aromatic heterocycles. The Kier molecular flexibility index (Phi) is 5.08. The molecule has 2 rings (SSSR count). The predicted molar refractivity (Wildman–Crippen MR) is 80.3 cm³/mol. The van der Waals surface area contributed by atoms with Gasteiger partial charge in [0.2, 0.25) is 5.91 Å². The van der Waals surface area contributed by atoms with Gasteiger partial charge in [-0.2, -0.15) is 0 Å². The maximum absolute atomic E-state index is 12.9. The maximum atomic E-state index is 12.9. The van der Waals surface area contributed by atoms with E-state index in [-0.39, 0.29) is 16.9 Å². The molecule has 2 fully saturated rings. The van der Waals surface area contributed by atoms with E-state index in [0.29, 0.717) is 25.7 Å². The maximum Gasteiger partial charge on any atom is 0.226 e. The van der Waals surface area contributed by atoms with Crippen molar-refractivity contribution in [3.05, 3.63) is 0 Å². The van der Waals surface area contributed by atoms with Gasteiger partial charge in [-0.25, -0.2) is 0 Å². The zero-order chi connectivity index (χ0) is 14.6. The minimum Gasteiger partial charge on any atom is -0.381 e. The summed E-state index contributed by atoms with van der Waals surface area (Å²) in [6.45, 7) is 6.34. The van der Waals surface area contributed by atoms with Crippen LogP contribution in [0.3, 0.4) is 0 Å². The quantitative estimate of drug-likeness (QED) is 0.812. The molecule has 20 heavy (non-hydrogen) atoms.